The lowest BCUT2D eigenvalue weighted by atomic mass is 10.2. The summed E-state index contributed by atoms with van der Waals surface area (Å²) in [5, 5.41) is 5.63. The number of anilines is 3. The molecule has 0 aliphatic rings. The number of pyridine rings is 1. The van der Waals surface area contributed by atoms with Crippen molar-refractivity contribution in [3.8, 4) is 5.75 Å². The third-order valence-corrected chi connectivity index (χ3v) is 3.50. The maximum absolute atomic E-state index is 12.9. The Kier molecular flexibility index (Phi) is 6.96. The van der Waals surface area contributed by atoms with E-state index >= 15 is 0 Å². The lowest BCUT2D eigenvalue weighted by Crippen LogP contribution is -2.18. The number of amides is 1. The predicted molar refractivity (Wildman–Crippen MR) is 106 cm³/mol. The Morgan fingerprint density at radius 2 is 1.74 bits per heavy atom. The molecule has 1 heterocycles. The highest BCUT2D eigenvalue weighted by atomic mass is 35.5. The van der Waals surface area contributed by atoms with Crippen LogP contribution in [0.25, 0.3) is 0 Å². The molecule has 0 unspecified atom stereocenters. The van der Waals surface area contributed by atoms with Gasteiger partial charge < -0.3 is 15.8 Å². The Hall–Kier alpha value is -3.32. The van der Waals surface area contributed by atoms with Crippen LogP contribution in [0.15, 0.2) is 66.7 Å². The number of ether oxygens (including phenoxy) is 1. The molecule has 0 spiro atoms. The van der Waals surface area contributed by atoms with Crippen LogP contribution in [-0.4, -0.2) is 11.1 Å². The zero-order chi connectivity index (χ0) is 18.4. The fourth-order valence-electron chi connectivity index (χ4n) is 2.20. The molecule has 6 nitrogen and oxygen atoms in total. The summed E-state index contributed by atoms with van der Waals surface area (Å²) >= 11 is 0. The summed E-state index contributed by atoms with van der Waals surface area (Å²) in [6, 6.07) is 18.1. The number of nitrogens with one attached hydrogen (secondary N) is 2. The van der Waals surface area contributed by atoms with Crippen molar-refractivity contribution >= 4 is 35.8 Å². The minimum absolute atomic E-state index is 0. The molecule has 3 aromatic rings. The minimum atomic E-state index is -0.656. The lowest BCUT2D eigenvalue weighted by Gasteiger charge is -2.11. The molecule has 1 aromatic heterocycles. The summed E-state index contributed by atoms with van der Waals surface area (Å²) in [4.78, 5) is 16.1. The summed E-state index contributed by atoms with van der Waals surface area (Å²) < 4.78 is 18.0. The van der Waals surface area contributed by atoms with E-state index < -0.39 is 6.09 Å². The normalized spacial score (nSPS) is 9.81. The van der Waals surface area contributed by atoms with E-state index in [1.54, 1.807) is 48.5 Å². The number of hydrogen-bond acceptors (Lipinski definition) is 5. The smallest absolute Gasteiger partial charge is 0.410 e. The molecule has 0 bridgehead atoms. The van der Waals surface area contributed by atoms with Gasteiger partial charge in [-0.1, -0.05) is 30.3 Å². The number of carbonyl (C=O) groups excluding carboxylic acids is 1. The van der Waals surface area contributed by atoms with Gasteiger partial charge in [-0.25, -0.2) is 14.2 Å². The van der Waals surface area contributed by atoms with Crippen molar-refractivity contribution in [1.82, 2.24) is 4.98 Å². The van der Waals surface area contributed by atoms with Crippen LogP contribution >= 0.6 is 12.4 Å². The standard InChI is InChI=1S/C19H17FN4O2.ClH/c20-14-8-6-13(7-9-14)12-22-17-11-10-16(18(21)24-17)23-19(25)26-15-4-2-1-3-5-15;/h1-11H,12H2,(H,23,25)(H3,21,22,24);1H. The number of para-hydroxylation sites is 1. The number of benzene rings is 2. The lowest BCUT2D eigenvalue weighted by molar-refractivity contribution is 0.215. The monoisotopic (exact) mass is 388 g/mol. The number of aromatic nitrogens is 1. The molecule has 1 amide bonds. The molecule has 3 rings (SSSR count). The van der Waals surface area contributed by atoms with Gasteiger partial charge in [-0.2, -0.15) is 0 Å². The van der Waals surface area contributed by atoms with Gasteiger partial charge in [0.05, 0.1) is 5.69 Å². The van der Waals surface area contributed by atoms with E-state index in [1.165, 1.54) is 12.1 Å². The van der Waals surface area contributed by atoms with E-state index in [9.17, 15) is 9.18 Å². The molecule has 140 valence electrons. The third kappa shape index (κ3) is 5.86. The van der Waals surface area contributed by atoms with Crippen LogP contribution in [0.1, 0.15) is 5.56 Å². The molecule has 4 N–H and O–H groups in total. The van der Waals surface area contributed by atoms with Gasteiger partial charge >= 0.3 is 6.09 Å². The SMILES string of the molecule is Cl.Nc1nc(NCc2ccc(F)cc2)ccc1NC(=O)Oc1ccccc1. The maximum Gasteiger partial charge on any atom is 0.417 e. The molecule has 2 aromatic carbocycles. The van der Waals surface area contributed by atoms with Crippen LogP contribution < -0.4 is 21.1 Å². The molecule has 0 atom stereocenters. The van der Waals surface area contributed by atoms with E-state index in [0.717, 1.165) is 5.56 Å². The van der Waals surface area contributed by atoms with Gasteiger partial charge in [0.25, 0.3) is 0 Å². The highest BCUT2D eigenvalue weighted by molar-refractivity contribution is 5.89. The molecule has 0 radical (unpaired) electrons. The predicted octanol–water partition coefficient (Wildman–Crippen LogP) is 4.45. The van der Waals surface area contributed by atoms with E-state index in [-0.39, 0.29) is 24.0 Å². The summed E-state index contributed by atoms with van der Waals surface area (Å²) in [6.45, 7) is 0.468. The number of nitrogens with two attached hydrogens (primary N) is 1. The van der Waals surface area contributed by atoms with Crippen molar-refractivity contribution in [1.29, 1.82) is 0 Å². The zero-order valence-corrected chi connectivity index (χ0v) is 15.0. The molecular formula is C19H18ClFN4O2. The molecule has 0 saturated heterocycles. The van der Waals surface area contributed by atoms with Crippen molar-refractivity contribution in [2.75, 3.05) is 16.4 Å². The Balaban J connectivity index is 0.00000261. The van der Waals surface area contributed by atoms with Crippen LogP contribution in [0.2, 0.25) is 0 Å². The Bertz CT molecular complexity index is 892. The van der Waals surface area contributed by atoms with Gasteiger partial charge in [0.2, 0.25) is 0 Å². The van der Waals surface area contributed by atoms with Crippen molar-refractivity contribution in [2.45, 2.75) is 6.54 Å². The van der Waals surface area contributed by atoms with Gasteiger partial charge in [-0.05, 0) is 42.0 Å². The van der Waals surface area contributed by atoms with Crippen molar-refractivity contribution in [3.63, 3.8) is 0 Å². The molecule has 27 heavy (non-hydrogen) atoms. The minimum Gasteiger partial charge on any atom is -0.410 e. The van der Waals surface area contributed by atoms with Gasteiger partial charge in [-0.3, -0.25) is 5.32 Å². The van der Waals surface area contributed by atoms with Crippen LogP contribution in [0, 0.1) is 5.82 Å². The van der Waals surface area contributed by atoms with E-state index in [2.05, 4.69) is 15.6 Å². The maximum atomic E-state index is 12.9. The molecule has 8 heteroatoms. The summed E-state index contributed by atoms with van der Waals surface area (Å²) in [7, 11) is 0. The highest BCUT2D eigenvalue weighted by Crippen LogP contribution is 2.20. The fraction of sp³-hybridized carbons (Fsp3) is 0.0526. The van der Waals surface area contributed by atoms with Crippen molar-refractivity contribution < 1.29 is 13.9 Å². The van der Waals surface area contributed by atoms with E-state index in [0.29, 0.717) is 23.8 Å². The fourth-order valence-corrected chi connectivity index (χ4v) is 2.20. The Morgan fingerprint density at radius 3 is 2.41 bits per heavy atom. The van der Waals surface area contributed by atoms with Crippen LogP contribution in [0.3, 0.4) is 0 Å². The number of nitrogen functional groups attached to an aromatic ring is 1. The average Bonchev–Trinajstić information content (AvgIpc) is 2.64. The Labute approximate surface area is 162 Å². The first kappa shape index (κ1) is 20.0. The molecule has 0 aliphatic heterocycles. The first-order valence-corrected chi connectivity index (χ1v) is 7.89. The van der Waals surface area contributed by atoms with Gasteiger partial charge in [0, 0.05) is 6.54 Å². The number of carbonyl (C=O) groups is 1. The largest absolute Gasteiger partial charge is 0.417 e. The van der Waals surface area contributed by atoms with Crippen LogP contribution in [-0.2, 0) is 6.54 Å². The average molecular weight is 389 g/mol. The van der Waals surface area contributed by atoms with Crippen LogP contribution in [0.5, 0.6) is 5.75 Å². The molecule has 0 saturated carbocycles. The van der Waals surface area contributed by atoms with Gasteiger partial charge in [0.15, 0.2) is 0 Å². The second-order valence-electron chi connectivity index (χ2n) is 5.44. The molecule has 0 fully saturated rings. The van der Waals surface area contributed by atoms with Gasteiger partial charge in [0.1, 0.15) is 23.2 Å². The topological polar surface area (TPSA) is 89.3 Å². The van der Waals surface area contributed by atoms with Crippen molar-refractivity contribution in [2.24, 2.45) is 0 Å². The summed E-state index contributed by atoms with van der Waals surface area (Å²) in [6.07, 6.45) is -0.656. The number of rotatable bonds is 5. The second kappa shape index (κ2) is 9.40. The number of hydrogen-bond donors (Lipinski definition) is 3. The van der Waals surface area contributed by atoms with E-state index in [1.807, 2.05) is 6.07 Å². The van der Waals surface area contributed by atoms with E-state index in [4.69, 9.17) is 10.5 Å². The van der Waals surface area contributed by atoms with Crippen LogP contribution in [0.4, 0.5) is 26.5 Å². The quantitative estimate of drug-likeness (QED) is 0.601. The molecule has 0 aliphatic carbocycles. The number of halogens is 2. The number of nitrogens with zero attached hydrogens (tertiary/aromatic N) is 1. The summed E-state index contributed by atoms with van der Waals surface area (Å²) in [5.41, 5.74) is 7.13. The van der Waals surface area contributed by atoms with Gasteiger partial charge in [-0.15, -0.1) is 12.4 Å². The second-order valence-corrected chi connectivity index (χ2v) is 5.44. The highest BCUT2D eigenvalue weighted by Gasteiger charge is 2.09. The molecular weight excluding hydrogens is 371 g/mol. The van der Waals surface area contributed by atoms with Crippen molar-refractivity contribution in [3.05, 3.63) is 78.1 Å². The first-order valence-electron chi connectivity index (χ1n) is 7.89. The zero-order valence-electron chi connectivity index (χ0n) is 14.2. The summed E-state index contributed by atoms with van der Waals surface area (Å²) in [5.74, 6) is 0.830. The Morgan fingerprint density at radius 1 is 1.04 bits per heavy atom. The third-order valence-electron chi connectivity index (χ3n) is 3.50. The first-order chi connectivity index (χ1) is 12.6.